The predicted octanol–water partition coefficient (Wildman–Crippen LogP) is 1.94. The summed E-state index contributed by atoms with van der Waals surface area (Å²) < 4.78 is 1.35. The Labute approximate surface area is 93.2 Å². The second-order valence-electron chi connectivity index (χ2n) is 4.24. The van der Waals surface area contributed by atoms with E-state index in [-0.39, 0.29) is 5.56 Å². The maximum atomic E-state index is 11.6. The lowest BCUT2D eigenvalue weighted by Gasteiger charge is -2.08. The highest BCUT2D eigenvalue weighted by atomic mass is 16.6. The molecule has 3 heteroatoms. The van der Waals surface area contributed by atoms with Crippen LogP contribution in [0.5, 0.6) is 0 Å². The highest BCUT2D eigenvalue weighted by Gasteiger charge is 2.23. The summed E-state index contributed by atoms with van der Waals surface area (Å²) in [6.07, 6.45) is 2.52. The highest BCUT2D eigenvalue weighted by molar-refractivity contribution is 5.79. The van der Waals surface area contributed by atoms with Gasteiger partial charge in [0.05, 0.1) is 5.52 Å². The molecule has 1 fully saturated rings. The van der Waals surface area contributed by atoms with Crippen molar-refractivity contribution in [1.29, 1.82) is 0 Å². The number of aromatic nitrogens is 1. The van der Waals surface area contributed by atoms with Gasteiger partial charge in [0.15, 0.2) is 0 Å². The summed E-state index contributed by atoms with van der Waals surface area (Å²) in [6.45, 7) is 0. The minimum absolute atomic E-state index is 0.122. The topological polar surface area (TPSA) is 31.2 Å². The molecule has 3 rings (SSSR count). The van der Waals surface area contributed by atoms with Crippen molar-refractivity contribution in [3.8, 4) is 0 Å². The van der Waals surface area contributed by atoms with Gasteiger partial charge in [0, 0.05) is 11.5 Å². The summed E-state index contributed by atoms with van der Waals surface area (Å²) >= 11 is 0. The third kappa shape index (κ3) is 1.40. The van der Waals surface area contributed by atoms with Gasteiger partial charge in [-0.25, -0.2) is 0 Å². The molecule has 0 N–H and O–H groups in total. The number of rotatable bonds is 2. The summed E-state index contributed by atoms with van der Waals surface area (Å²) in [5.41, 5.74) is 2.05. The molecule has 1 aromatic heterocycles. The largest absolute Gasteiger partial charge is 0.413 e. The van der Waals surface area contributed by atoms with Gasteiger partial charge in [-0.1, -0.05) is 12.1 Å². The zero-order chi connectivity index (χ0) is 11.1. The fourth-order valence-electron chi connectivity index (χ4n) is 2.08. The molecule has 16 heavy (non-hydrogen) atoms. The first-order valence-electron chi connectivity index (χ1n) is 5.50. The van der Waals surface area contributed by atoms with Crippen LogP contribution < -0.4 is 10.4 Å². The molecule has 0 bridgehead atoms. The molecule has 2 aromatic rings. The fraction of sp³-hybridized carbons (Fsp3) is 0.308. The van der Waals surface area contributed by atoms with Crippen LogP contribution in [0.3, 0.4) is 0 Å². The zero-order valence-corrected chi connectivity index (χ0v) is 9.14. The van der Waals surface area contributed by atoms with Crippen molar-refractivity contribution >= 4 is 10.9 Å². The van der Waals surface area contributed by atoms with Gasteiger partial charge in [-0.15, -0.1) is 4.73 Å². The fourth-order valence-corrected chi connectivity index (χ4v) is 2.08. The Morgan fingerprint density at radius 3 is 2.69 bits per heavy atom. The van der Waals surface area contributed by atoms with E-state index in [1.807, 2.05) is 6.07 Å². The number of benzene rings is 1. The molecule has 0 aliphatic heterocycles. The van der Waals surface area contributed by atoms with Crippen LogP contribution in [0.4, 0.5) is 0 Å². The monoisotopic (exact) mass is 215 g/mol. The third-order valence-electron chi connectivity index (χ3n) is 3.11. The molecule has 3 nitrogen and oxygen atoms in total. The van der Waals surface area contributed by atoms with Gasteiger partial charge < -0.3 is 4.84 Å². The van der Waals surface area contributed by atoms with E-state index in [1.54, 1.807) is 0 Å². The van der Waals surface area contributed by atoms with Crippen molar-refractivity contribution in [2.45, 2.75) is 18.8 Å². The number of hydrogen-bond donors (Lipinski definition) is 0. The molecule has 0 radical (unpaired) electrons. The maximum absolute atomic E-state index is 11.6. The molecule has 1 aromatic carbocycles. The molecule has 0 amide bonds. The Hall–Kier alpha value is -1.77. The Kier molecular flexibility index (Phi) is 1.99. The van der Waals surface area contributed by atoms with Crippen LogP contribution in [-0.4, -0.2) is 11.8 Å². The van der Waals surface area contributed by atoms with E-state index in [2.05, 4.69) is 18.2 Å². The third-order valence-corrected chi connectivity index (χ3v) is 3.11. The SMILES string of the molecule is COn1c(=O)ccc2ccc(C3CC3)cc21. The van der Waals surface area contributed by atoms with Crippen LogP contribution in [0, 0.1) is 0 Å². The molecule has 1 aliphatic rings. The summed E-state index contributed by atoms with van der Waals surface area (Å²) in [6, 6.07) is 9.63. The average molecular weight is 215 g/mol. The summed E-state index contributed by atoms with van der Waals surface area (Å²) in [7, 11) is 1.52. The van der Waals surface area contributed by atoms with Crippen LogP contribution in [-0.2, 0) is 0 Å². The van der Waals surface area contributed by atoms with Gasteiger partial charge in [-0.3, -0.25) is 4.79 Å². The lowest BCUT2D eigenvalue weighted by atomic mass is 10.1. The smallest absolute Gasteiger partial charge is 0.283 e. The van der Waals surface area contributed by atoms with Gasteiger partial charge in [-0.05, 0) is 36.5 Å². The average Bonchev–Trinajstić information content (AvgIpc) is 3.12. The molecule has 1 aliphatic carbocycles. The second kappa shape index (κ2) is 3.37. The van der Waals surface area contributed by atoms with Crippen molar-refractivity contribution in [2.75, 3.05) is 7.11 Å². The molecular weight excluding hydrogens is 202 g/mol. The number of fused-ring (bicyclic) bond motifs is 1. The number of hydrogen-bond acceptors (Lipinski definition) is 2. The lowest BCUT2D eigenvalue weighted by Crippen LogP contribution is -2.24. The molecule has 82 valence electrons. The highest BCUT2D eigenvalue weighted by Crippen LogP contribution is 2.40. The first kappa shape index (κ1) is 9.46. The van der Waals surface area contributed by atoms with E-state index in [1.165, 1.54) is 36.3 Å². The molecule has 0 unspecified atom stereocenters. The van der Waals surface area contributed by atoms with Gasteiger partial charge >= 0.3 is 0 Å². The molecule has 0 saturated heterocycles. The Bertz CT molecular complexity index is 596. The Morgan fingerprint density at radius 2 is 2.00 bits per heavy atom. The lowest BCUT2D eigenvalue weighted by molar-refractivity contribution is 0.169. The van der Waals surface area contributed by atoms with Crippen LogP contribution in [0.2, 0.25) is 0 Å². The molecule has 0 atom stereocenters. The zero-order valence-electron chi connectivity index (χ0n) is 9.14. The second-order valence-corrected chi connectivity index (χ2v) is 4.24. The number of nitrogens with zero attached hydrogens (tertiary/aromatic N) is 1. The van der Waals surface area contributed by atoms with Crippen molar-refractivity contribution in [3.63, 3.8) is 0 Å². The number of pyridine rings is 1. The quantitative estimate of drug-likeness (QED) is 0.766. The molecular formula is C13H13NO2. The summed E-state index contributed by atoms with van der Waals surface area (Å²) in [5, 5.41) is 1.03. The summed E-state index contributed by atoms with van der Waals surface area (Å²) in [5.74, 6) is 0.685. The van der Waals surface area contributed by atoms with E-state index >= 15 is 0 Å². The van der Waals surface area contributed by atoms with Crippen molar-refractivity contribution in [2.24, 2.45) is 0 Å². The van der Waals surface area contributed by atoms with Crippen LogP contribution in [0.1, 0.15) is 24.3 Å². The van der Waals surface area contributed by atoms with Gasteiger partial charge in [0.1, 0.15) is 7.11 Å². The van der Waals surface area contributed by atoms with E-state index < -0.39 is 0 Å². The van der Waals surface area contributed by atoms with Crippen LogP contribution in [0.25, 0.3) is 10.9 Å². The van der Waals surface area contributed by atoms with Gasteiger partial charge in [0.25, 0.3) is 5.56 Å². The first-order valence-corrected chi connectivity index (χ1v) is 5.50. The van der Waals surface area contributed by atoms with Gasteiger partial charge in [-0.2, -0.15) is 0 Å². The summed E-state index contributed by atoms with van der Waals surface area (Å²) in [4.78, 5) is 16.7. The standard InChI is InChI=1S/C13H13NO2/c1-16-14-12-8-11(9-2-3-9)5-4-10(12)6-7-13(14)15/h4-9H,2-3H2,1H3. The molecule has 0 spiro atoms. The van der Waals surface area contributed by atoms with Crippen molar-refractivity contribution in [3.05, 3.63) is 46.2 Å². The van der Waals surface area contributed by atoms with Gasteiger partial charge in [0.2, 0.25) is 0 Å². The first-order chi connectivity index (χ1) is 7.79. The molecule has 1 saturated carbocycles. The maximum Gasteiger partial charge on any atom is 0.283 e. The van der Waals surface area contributed by atoms with Crippen molar-refractivity contribution < 1.29 is 4.84 Å². The normalized spacial score (nSPS) is 15.3. The molecule has 1 heterocycles. The van der Waals surface area contributed by atoms with E-state index in [4.69, 9.17) is 4.84 Å². The Balaban J connectivity index is 2.29. The van der Waals surface area contributed by atoms with Crippen LogP contribution in [0.15, 0.2) is 35.1 Å². The minimum Gasteiger partial charge on any atom is -0.413 e. The van der Waals surface area contributed by atoms with Crippen LogP contribution >= 0.6 is 0 Å². The minimum atomic E-state index is -0.122. The van der Waals surface area contributed by atoms with E-state index in [0.717, 1.165) is 10.9 Å². The Morgan fingerprint density at radius 1 is 1.25 bits per heavy atom. The van der Waals surface area contributed by atoms with Crippen molar-refractivity contribution in [1.82, 2.24) is 4.73 Å². The van der Waals surface area contributed by atoms with E-state index in [9.17, 15) is 4.79 Å². The predicted molar refractivity (Wildman–Crippen MR) is 62.7 cm³/mol. The van der Waals surface area contributed by atoms with E-state index in [0.29, 0.717) is 5.92 Å².